The van der Waals surface area contributed by atoms with Gasteiger partial charge in [-0.2, -0.15) is 0 Å². The predicted octanol–water partition coefficient (Wildman–Crippen LogP) is 4.66. The summed E-state index contributed by atoms with van der Waals surface area (Å²) in [7, 11) is -3.62. The van der Waals surface area contributed by atoms with E-state index in [1.54, 1.807) is 24.3 Å². The van der Waals surface area contributed by atoms with Crippen LogP contribution in [0.25, 0.3) is 0 Å². The number of halogens is 1. The number of rotatable bonds is 7. The SMILES string of the molecule is O=C(NCc1ccccc1)C1(c2ccc(NS(=O)(=O)c3ccc(Br)s3)cc2)CC1. The van der Waals surface area contributed by atoms with Crippen LogP contribution in [0.1, 0.15) is 24.0 Å². The van der Waals surface area contributed by atoms with Gasteiger partial charge in [0.05, 0.1) is 9.20 Å². The number of nitrogens with one attached hydrogen (secondary N) is 2. The Kier molecular flexibility index (Phi) is 5.50. The lowest BCUT2D eigenvalue weighted by molar-refractivity contribution is -0.123. The first kappa shape index (κ1) is 20.1. The minimum absolute atomic E-state index is 0.0121. The molecule has 0 radical (unpaired) electrons. The topological polar surface area (TPSA) is 75.3 Å². The molecule has 2 aromatic carbocycles. The summed E-state index contributed by atoms with van der Waals surface area (Å²) in [5, 5.41) is 3.02. The molecule has 0 atom stereocenters. The van der Waals surface area contributed by atoms with Gasteiger partial charge in [-0.05, 0) is 64.2 Å². The molecule has 150 valence electrons. The summed E-state index contributed by atoms with van der Waals surface area (Å²) in [6.07, 6.45) is 1.59. The van der Waals surface area contributed by atoms with E-state index >= 15 is 0 Å². The first-order chi connectivity index (χ1) is 13.9. The van der Waals surface area contributed by atoms with E-state index in [4.69, 9.17) is 0 Å². The zero-order valence-corrected chi connectivity index (χ0v) is 18.6. The van der Waals surface area contributed by atoms with Crippen molar-refractivity contribution in [2.45, 2.75) is 29.0 Å². The van der Waals surface area contributed by atoms with Gasteiger partial charge in [-0.25, -0.2) is 8.42 Å². The average Bonchev–Trinajstić information content (AvgIpc) is 3.41. The van der Waals surface area contributed by atoms with E-state index in [1.165, 1.54) is 0 Å². The first-order valence-corrected chi connectivity index (χ1v) is 12.2. The molecule has 3 aromatic rings. The first-order valence-electron chi connectivity index (χ1n) is 9.10. The van der Waals surface area contributed by atoms with Crippen LogP contribution in [-0.4, -0.2) is 14.3 Å². The molecule has 29 heavy (non-hydrogen) atoms. The number of hydrogen-bond donors (Lipinski definition) is 2. The molecule has 1 heterocycles. The highest BCUT2D eigenvalue weighted by Gasteiger charge is 2.51. The molecule has 1 saturated carbocycles. The molecule has 1 aliphatic rings. The van der Waals surface area contributed by atoms with E-state index in [-0.39, 0.29) is 10.1 Å². The number of anilines is 1. The van der Waals surface area contributed by atoms with E-state index in [9.17, 15) is 13.2 Å². The number of hydrogen-bond acceptors (Lipinski definition) is 4. The molecule has 1 aliphatic carbocycles. The van der Waals surface area contributed by atoms with Crippen LogP contribution in [0.15, 0.2) is 74.7 Å². The molecule has 1 fully saturated rings. The highest BCUT2D eigenvalue weighted by atomic mass is 79.9. The fourth-order valence-corrected chi connectivity index (χ4v) is 6.29. The van der Waals surface area contributed by atoms with Crippen LogP contribution in [0.4, 0.5) is 5.69 Å². The van der Waals surface area contributed by atoms with Crippen LogP contribution in [0.2, 0.25) is 0 Å². The Bertz CT molecular complexity index is 1120. The van der Waals surface area contributed by atoms with Crippen molar-refractivity contribution in [1.29, 1.82) is 0 Å². The van der Waals surface area contributed by atoms with Gasteiger partial charge in [0.1, 0.15) is 4.21 Å². The molecular weight excluding hydrogens is 472 g/mol. The lowest BCUT2D eigenvalue weighted by atomic mass is 9.94. The van der Waals surface area contributed by atoms with Gasteiger partial charge < -0.3 is 5.32 Å². The summed E-state index contributed by atoms with van der Waals surface area (Å²) in [5.74, 6) is 0.0121. The molecule has 2 N–H and O–H groups in total. The molecule has 5 nitrogen and oxygen atoms in total. The molecule has 8 heteroatoms. The lowest BCUT2D eigenvalue weighted by Crippen LogP contribution is -2.34. The molecule has 0 spiro atoms. The molecule has 0 bridgehead atoms. The fourth-order valence-electron chi connectivity index (χ4n) is 3.22. The predicted molar refractivity (Wildman–Crippen MR) is 118 cm³/mol. The highest BCUT2D eigenvalue weighted by Crippen LogP contribution is 2.48. The van der Waals surface area contributed by atoms with E-state index in [2.05, 4.69) is 26.0 Å². The fraction of sp³-hybridized carbons (Fsp3) is 0.190. The van der Waals surface area contributed by atoms with Crippen LogP contribution in [0, 0.1) is 0 Å². The average molecular weight is 491 g/mol. The monoisotopic (exact) mass is 490 g/mol. The van der Waals surface area contributed by atoms with Crippen molar-refractivity contribution in [3.63, 3.8) is 0 Å². The van der Waals surface area contributed by atoms with Crippen LogP contribution in [-0.2, 0) is 26.8 Å². The lowest BCUT2D eigenvalue weighted by Gasteiger charge is -2.16. The number of carbonyl (C=O) groups excluding carboxylic acids is 1. The molecular formula is C21H19BrN2O3S2. The number of amides is 1. The zero-order valence-electron chi connectivity index (χ0n) is 15.4. The van der Waals surface area contributed by atoms with Crippen LogP contribution in [0.3, 0.4) is 0 Å². The third-order valence-corrected chi connectivity index (χ3v) is 8.48. The maximum atomic E-state index is 12.8. The van der Waals surface area contributed by atoms with Crippen molar-refractivity contribution < 1.29 is 13.2 Å². The standard InChI is InChI=1S/C21H19BrN2O3S2/c22-18-10-11-19(28-18)29(26,27)24-17-8-6-16(7-9-17)21(12-13-21)20(25)23-14-15-4-2-1-3-5-15/h1-11,24H,12-14H2,(H,23,25). The van der Waals surface area contributed by atoms with E-state index < -0.39 is 15.4 Å². The van der Waals surface area contributed by atoms with Crippen molar-refractivity contribution in [1.82, 2.24) is 5.32 Å². The second-order valence-electron chi connectivity index (χ2n) is 6.99. The van der Waals surface area contributed by atoms with Gasteiger partial charge in [0.2, 0.25) is 5.91 Å². The van der Waals surface area contributed by atoms with Gasteiger partial charge in [0.15, 0.2) is 0 Å². The number of thiophene rings is 1. The maximum Gasteiger partial charge on any atom is 0.271 e. The van der Waals surface area contributed by atoms with Gasteiger partial charge in [-0.15, -0.1) is 11.3 Å². The van der Waals surface area contributed by atoms with E-state index in [0.29, 0.717) is 12.2 Å². The zero-order chi connectivity index (χ0) is 20.5. The van der Waals surface area contributed by atoms with Crippen molar-refractivity contribution >= 4 is 48.9 Å². The highest BCUT2D eigenvalue weighted by molar-refractivity contribution is 9.11. The number of benzene rings is 2. The quantitative estimate of drug-likeness (QED) is 0.505. The Balaban J connectivity index is 1.44. The summed E-state index contributed by atoms with van der Waals surface area (Å²) < 4.78 is 28.5. The maximum absolute atomic E-state index is 12.8. The molecule has 1 amide bonds. The van der Waals surface area contributed by atoms with Crippen molar-refractivity contribution in [2.24, 2.45) is 0 Å². The number of sulfonamides is 1. The Morgan fingerprint density at radius 3 is 2.28 bits per heavy atom. The van der Waals surface area contributed by atoms with Crippen molar-refractivity contribution in [3.8, 4) is 0 Å². The Morgan fingerprint density at radius 2 is 1.69 bits per heavy atom. The second-order valence-corrected chi connectivity index (χ2v) is 11.4. The van der Waals surface area contributed by atoms with Gasteiger partial charge in [0.25, 0.3) is 10.0 Å². The number of carbonyl (C=O) groups is 1. The minimum atomic E-state index is -3.62. The summed E-state index contributed by atoms with van der Waals surface area (Å²) in [6, 6.07) is 20.1. The minimum Gasteiger partial charge on any atom is -0.351 e. The third-order valence-electron chi connectivity index (χ3n) is 4.98. The van der Waals surface area contributed by atoms with Gasteiger partial charge >= 0.3 is 0 Å². The molecule has 0 saturated heterocycles. The van der Waals surface area contributed by atoms with Gasteiger partial charge in [-0.3, -0.25) is 9.52 Å². The van der Waals surface area contributed by atoms with Gasteiger partial charge in [0, 0.05) is 12.2 Å². The van der Waals surface area contributed by atoms with Crippen LogP contribution >= 0.6 is 27.3 Å². The summed E-state index contributed by atoms with van der Waals surface area (Å²) in [4.78, 5) is 12.8. The Labute approximate surface area is 182 Å². The Morgan fingerprint density at radius 1 is 1.00 bits per heavy atom. The normalized spacial score (nSPS) is 14.9. The molecule has 1 aromatic heterocycles. The summed E-state index contributed by atoms with van der Waals surface area (Å²) >= 11 is 4.43. The van der Waals surface area contributed by atoms with Crippen LogP contribution < -0.4 is 10.0 Å². The van der Waals surface area contributed by atoms with Crippen molar-refractivity contribution in [2.75, 3.05) is 4.72 Å². The summed E-state index contributed by atoms with van der Waals surface area (Å²) in [6.45, 7) is 0.496. The van der Waals surface area contributed by atoms with Gasteiger partial charge in [-0.1, -0.05) is 42.5 Å². The molecule has 4 rings (SSSR count). The van der Waals surface area contributed by atoms with E-state index in [1.807, 2.05) is 42.5 Å². The Hall–Kier alpha value is -2.16. The third kappa shape index (κ3) is 4.39. The molecule has 0 aliphatic heterocycles. The van der Waals surface area contributed by atoms with Crippen LogP contribution in [0.5, 0.6) is 0 Å². The largest absolute Gasteiger partial charge is 0.351 e. The van der Waals surface area contributed by atoms with E-state index in [0.717, 1.165) is 39.1 Å². The second kappa shape index (κ2) is 7.93. The molecule has 0 unspecified atom stereocenters. The smallest absolute Gasteiger partial charge is 0.271 e. The van der Waals surface area contributed by atoms with Crippen molar-refractivity contribution in [3.05, 3.63) is 81.6 Å². The summed E-state index contributed by atoms with van der Waals surface area (Å²) in [5.41, 5.74) is 1.93.